The van der Waals surface area contributed by atoms with Gasteiger partial charge in [-0.15, -0.1) is 0 Å². The van der Waals surface area contributed by atoms with E-state index in [0.717, 1.165) is 0 Å². The third-order valence-corrected chi connectivity index (χ3v) is 2.94. The van der Waals surface area contributed by atoms with Crippen LogP contribution in [0, 0.1) is 11.8 Å². The number of hydrogen-bond acceptors (Lipinski definition) is 1. The Labute approximate surface area is 65.2 Å². The highest BCUT2D eigenvalue weighted by molar-refractivity contribution is 4.87. The molecule has 0 amide bonds. The van der Waals surface area contributed by atoms with E-state index in [0.29, 0.717) is 17.4 Å². The standard InChI is InChI=1S/C9H21N/c1-7(2)9(5,10-6)8(3)4/h7-8,10H,1-6H3. The first-order chi connectivity index (χ1) is 4.45. The van der Waals surface area contributed by atoms with Crippen molar-refractivity contribution < 1.29 is 0 Å². The van der Waals surface area contributed by atoms with Crippen molar-refractivity contribution in [2.45, 2.75) is 40.2 Å². The zero-order valence-corrected chi connectivity index (χ0v) is 8.15. The fourth-order valence-electron chi connectivity index (χ4n) is 1.24. The lowest BCUT2D eigenvalue weighted by atomic mass is 9.79. The van der Waals surface area contributed by atoms with Gasteiger partial charge in [0.1, 0.15) is 0 Å². The van der Waals surface area contributed by atoms with Crippen LogP contribution in [0.3, 0.4) is 0 Å². The summed E-state index contributed by atoms with van der Waals surface area (Å²) in [4.78, 5) is 0. The van der Waals surface area contributed by atoms with E-state index < -0.39 is 0 Å². The Morgan fingerprint density at radius 1 is 1.00 bits per heavy atom. The van der Waals surface area contributed by atoms with Crippen molar-refractivity contribution in [3.63, 3.8) is 0 Å². The highest BCUT2D eigenvalue weighted by Gasteiger charge is 2.29. The summed E-state index contributed by atoms with van der Waals surface area (Å²) in [5, 5.41) is 3.38. The second-order valence-electron chi connectivity index (χ2n) is 3.84. The Morgan fingerprint density at radius 3 is 1.30 bits per heavy atom. The van der Waals surface area contributed by atoms with E-state index in [1.165, 1.54) is 0 Å². The molecule has 0 radical (unpaired) electrons. The highest BCUT2D eigenvalue weighted by atomic mass is 14.9. The van der Waals surface area contributed by atoms with Gasteiger partial charge in [0, 0.05) is 5.54 Å². The van der Waals surface area contributed by atoms with E-state index in [9.17, 15) is 0 Å². The van der Waals surface area contributed by atoms with Gasteiger partial charge in [0.25, 0.3) is 0 Å². The molecule has 0 aromatic heterocycles. The summed E-state index contributed by atoms with van der Waals surface area (Å²) in [5.41, 5.74) is 0.292. The predicted octanol–water partition coefficient (Wildman–Crippen LogP) is 2.28. The quantitative estimate of drug-likeness (QED) is 0.639. The lowest BCUT2D eigenvalue weighted by molar-refractivity contribution is 0.201. The molecule has 0 aromatic carbocycles. The van der Waals surface area contributed by atoms with Gasteiger partial charge in [-0.25, -0.2) is 0 Å². The Bertz CT molecular complexity index is 86.9. The Balaban J connectivity index is 4.23. The Kier molecular flexibility index (Phi) is 3.37. The van der Waals surface area contributed by atoms with Crippen molar-refractivity contribution in [3.8, 4) is 0 Å². The first kappa shape index (κ1) is 9.96. The van der Waals surface area contributed by atoms with Gasteiger partial charge in [-0.3, -0.25) is 0 Å². The SMILES string of the molecule is CNC(C)(C(C)C)C(C)C. The van der Waals surface area contributed by atoms with Crippen LogP contribution in [0.4, 0.5) is 0 Å². The summed E-state index contributed by atoms with van der Waals surface area (Å²) in [6.45, 7) is 11.3. The normalized spacial score (nSPS) is 13.2. The maximum atomic E-state index is 3.38. The predicted molar refractivity (Wildman–Crippen MR) is 47.1 cm³/mol. The van der Waals surface area contributed by atoms with E-state index >= 15 is 0 Å². The van der Waals surface area contributed by atoms with Crippen LogP contribution in [0.5, 0.6) is 0 Å². The van der Waals surface area contributed by atoms with E-state index in [4.69, 9.17) is 0 Å². The van der Waals surface area contributed by atoms with Gasteiger partial charge < -0.3 is 5.32 Å². The molecule has 0 unspecified atom stereocenters. The summed E-state index contributed by atoms with van der Waals surface area (Å²) in [6.07, 6.45) is 0. The van der Waals surface area contributed by atoms with E-state index in [2.05, 4.69) is 39.9 Å². The van der Waals surface area contributed by atoms with E-state index in [-0.39, 0.29) is 0 Å². The maximum absolute atomic E-state index is 3.38. The monoisotopic (exact) mass is 143 g/mol. The van der Waals surface area contributed by atoms with Gasteiger partial charge in [0.2, 0.25) is 0 Å². The Morgan fingerprint density at radius 2 is 1.30 bits per heavy atom. The van der Waals surface area contributed by atoms with Gasteiger partial charge in [-0.05, 0) is 25.8 Å². The van der Waals surface area contributed by atoms with Crippen LogP contribution in [0.15, 0.2) is 0 Å². The molecule has 0 saturated heterocycles. The van der Waals surface area contributed by atoms with Crippen LogP contribution in [-0.2, 0) is 0 Å². The smallest absolute Gasteiger partial charge is 0.0196 e. The summed E-state index contributed by atoms with van der Waals surface area (Å²) in [6, 6.07) is 0. The second-order valence-corrected chi connectivity index (χ2v) is 3.84. The molecule has 1 N–H and O–H groups in total. The Hall–Kier alpha value is -0.0400. The molecular formula is C9H21N. The molecule has 0 aromatic rings. The molecule has 0 aliphatic rings. The maximum Gasteiger partial charge on any atom is 0.0196 e. The van der Waals surface area contributed by atoms with Crippen molar-refractivity contribution in [3.05, 3.63) is 0 Å². The fraction of sp³-hybridized carbons (Fsp3) is 1.00. The van der Waals surface area contributed by atoms with Crippen LogP contribution in [0.2, 0.25) is 0 Å². The molecule has 0 rings (SSSR count). The second kappa shape index (κ2) is 3.38. The van der Waals surface area contributed by atoms with Crippen molar-refractivity contribution in [1.82, 2.24) is 5.32 Å². The lowest BCUT2D eigenvalue weighted by Gasteiger charge is -2.37. The molecular weight excluding hydrogens is 122 g/mol. The van der Waals surface area contributed by atoms with Gasteiger partial charge in [-0.2, -0.15) is 0 Å². The summed E-state index contributed by atoms with van der Waals surface area (Å²) >= 11 is 0. The van der Waals surface area contributed by atoms with Crippen LogP contribution in [0.1, 0.15) is 34.6 Å². The lowest BCUT2D eigenvalue weighted by Crippen LogP contribution is -2.49. The molecule has 0 aliphatic carbocycles. The minimum Gasteiger partial charge on any atom is -0.314 e. The molecule has 0 aliphatic heterocycles. The minimum atomic E-state index is 0.292. The number of hydrogen-bond donors (Lipinski definition) is 1. The first-order valence-corrected chi connectivity index (χ1v) is 4.14. The average molecular weight is 143 g/mol. The van der Waals surface area contributed by atoms with E-state index in [1.807, 2.05) is 7.05 Å². The summed E-state index contributed by atoms with van der Waals surface area (Å²) < 4.78 is 0. The zero-order chi connectivity index (χ0) is 8.36. The zero-order valence-electron chi connectivity index (χ0n) is 8.15. The molecule has 0 fully saturated rings. The summed E-state index contributed by atoms with van der Waals surface area (Å²) in [5.74, 6) is 1.38. The minimum absolute atomic E-state index is 0.292. The van der Waals surface area contributed by atoms with Crippen molar-refractivity contribution in [1.29, 1.82) is 0 Å². The number of rotatable bonds is 3. The van der Waals surface area contributed by atoms with Crippen LogP contribution in [0.25, 0.3) is 0 Å². The van der Waals surface area contributed by atoms with Gasteiger partial charge in [0.15, 0.2) is 0 Å². The van der Waals surface area contributed by atoms with Crippen molar-refractivity contribution in [2.75, 3.05) is 7.05 Å². The van der Waals surface area contributed by atoms with E-state index in [1.54, 1.807) is 0 Å². The summed E-state index contributed by atoms with van der Waals surface area (Å²) in [7, 11) is 2.04. The average Bonchev–Trinajstić information content (AvgIpc) is 1.85. The molecule has 10 heavy (non-hydrogen) atoms. The molecule has 0 bridgehead atoms. The molecule has 0 heterocycles. The third-order valence-electron chi connectivity index (χ3n) is 2.94. The topological polar surface area (TPSA) is 12.0 Å². The molecule has 1 nitrogen and oxygen atoms in total. The van der Waals surface area contributed by atoms with Crippen LogP contribution < -0.4 is 5.32 Å². The van der Waals surface area contributed by atoms with Gasteiger partial charge in [-0.1, -0.05) is 27.7 Å². The van der Waals surface area contributed by atoms with Gasteiger partial charge >= 0.3 is 0 Å². The highest BCUT2D eigenvalue weighted by Crippen LogP contribution is 2.24. The molecule has 0 saturated carbocycles. The van der Waals surface area contributed by atoms with Crippen molar-refractivity contribution in [2.24, 2.45) is 11.8 Å². The fourth-order valence-corrected chi connectivity index (χ4v) is 1.24. The molecule has 0 spiro atoms. The largest absolute Gasteiger partial charge is 0.314 e. The van der Waals surface area contributed by atoms with Gasteiger partial charge in [0.05, 0.1) is 0 Å². The third kappa shape index (κ3) is 1.72. The molecule has 0 atom stereocenters. The van der Waals surface area contributed by atoms with Crippen LogP contribution in [-0.4, -0.2) is 12.6 Å². The first-order valence-electron chi connectivity index (χ1n) is 4.14. The van der Waals surface area contributed by atoms with Crippen molar-refractivity contribution >= 4 is 0 Å². The molecule has 1 heteroatoms. The molecule has 62 valence electrons. The van der Waals surface area contributed by atoms with Crippen LogP contribution >= 0.6 is 0 Å². The number of nitrogens with one attached hydrogen (secondary N) is 1.